The van der Waals surface area contributed by atoms with Crippen molar-refractivity contribution in [3.8, 4) is 11.6 Å². The van der Waals surface area contributed by atoms with E-state index in [1.54, 1.807) is 0 Å². The van der Waals surface area contributed by atoms with E-state index in [0.717, 1.165) is 60.5 Å². The molecule has 0 spiro atoms. The number of hydrogen-bond donors (Lipinski definition) is 0. The number of benzene rings is 1. The van der Waals surface area contributed by atoms with Crippen LogP contribution in [0, 0.1) is 12.8 Å². The van der Waals surface area contributed by atoms with Crippen LogP contribution in [0.4, 0.5) is 5.82 Å². The maximum atomic E-state index is 6.03. The lowest BCUT2D eigenvalue weighted by Crippen LogP contribution is -2.34. The van der Waals surface area contributed by atoms with Crippen LogP contribution in [0.15, 0.2) is 36.7 Å². The smallest absolute Gasteiger partial charge is 0.224 e. The van der Waals surface area contributed by atoms with Crippen molar-refractivity contribution in [1.82, 2.24) is 20.2 Å². The molecule has 0 aliphatic carbocycles. The summed E-state index contributed by atoms with van der Waals surface area (Å²) in [5.41, 5.74) is 1.82. The molecule has 1 fully saturated rings. The summed E-state index contributed by atoms with van der Waals surface area (Å²) < 4.78 is 11.6. The summed E-state index contributed by atoms with van der Waals surface area (Å²) in [4.78, 5) is 10.8. The molecule has 3 aromatic rings. The predicted octanol–water partition coefficient (Wildman–Crippen LogP) is 3.81. The molecule has 29 heavy (non-hydrogen) atoms. The van der Waals surface area contributed by atoms with Crippen LogP contribution < -0.4 is 14.4 Å². The molecular weight excluding hydrogens is 366 g/mol. The number of aromatic nitrogens is 4. The van der Waals surface area contributed by atoms with Crippen LogP contribution in [0.3, 0.4) is 0 Å². The van der Waals surface area contributed by atoms with Gasteiger partial charge in [0.1, 0.15) is 12.1 Å². The lowest BCUT2D eigenvalue weighted by atomic mass is 9.94. The minimum absolute atomic E-state index is 0.573. The lowest BCUT2D eigenvalue weighted by molar-refractivity contribution is 0.258. The van der Waals surface area contributed by atoms with Crippen LogP contribution in [0.5, 0.6) is 11.6 Å². The standard InChI is InChI=1S/C22H27N5O2/c1-3-28-22-19-14-18(5-6-20(19)23-15-24-22)29-13-10-17-8-11-27(12-9-17)21-7-4-16(2)25-26-21/h4-7,14-15,17H,3,8-13H2,1-2H3. The summed E-state index contributed by atoms with van der Waals surface area (Å²) in [6.07, 6.45) is 4.88. The molecule has 0 unspecified atom stereocenters. The highest BCUT2D eigenvalue weighted by Crippen LogP contribution is 2.27. The number of ether oxygens (including phenoxy) is 2. The molecule has 1 aromatic carbocycles. The van der Waals surface area contributed by atoms with Gasteiger partial charge in [0, 0.05) is 13.1 Å². The zero-order valence-electron chi connectivity index (χ0n) is 17.0. The molecule has 3 heterocycles. The molecule has 4 rings (SSSR count). The summed E-state index contributed by atoms with van der Waals surface area (Å²) in [5.74, 6) is 3.09. The quantitative estimate of drug-likeness (QED) is 0.604. The fourth-order valence-electron chi connectivity index (χ4n) is 3.71. The molecule has 7 heteroatoms. The molecule has 7 nitrogen and oxygen atoms in total. The second-order valence-electron chi connectivity index (χ2n) is 7.39. The largest absolute Gasteiger partial charge is 0.494 e. The van der Waals surface area contributed by atoms with Crippen LogP contribution in [0.25, 0.3) is 10.9 Å². The van der Waals surface area contributed by atoms with Gasteiger partial charge in [-0.25, -0.2) is 9.97 Å². The van der Waals surface area contributed by atoms with E-state index in [1.807, 2.05) is 38.1 Å². The molecule has 0 N–H and O–H groups in total. The Labute approximate surface area is 171 Å². The topological polar surface area (TPSA) is 73.3 Å². The monoisotopic (exact) mass is 393 g/mol. The SMILES string of the molecule is CCOc1ncnc2ccc(OCCC3CCN(c4ccc(C)nn4)CC3)cc12. The fraction of sp³-hybridized carbons (Fsp3) is 0.455. The Morgan fingerprint density at radius 2 is 1.90 bits per heavy atom. The molecule has 0 saturated carbocycles. The first kappa shape index (κ1) is 19.4. The predicted molar refractivity (Wildman–Crippen MR) is 113 cm³/mol. The molecule has 0 atom stereocenters. The van der Waals surface area contributed by atoms with E-state index in [1.165, 1.54) is 6.33 Å². The molecule has 152 valence electrons. The Hall–Kier alpha value is -2.96. The minimum Gasteiger partial charge on any atom is -0.494 e. The molecule has 0 amide bonds. The van der Waals surface area contributed by atoms with E-state index >= 15 is 0 Å². The maximum Gasteiger partial charge on any atom is 0.224 e. The number of anilines is 1. The first-order valence-electron chi connectivity index (χ1n) is 10.3. The van der Waals surface area contributed by atoms with Gasteiger partial charge in [0.25, 0.3) is 0 Å². The van der Waals surface area contributed by atoms with E-state index < -0.39 is 0 Å². The summed E-state index contributed by atoms with van der Waals surface area (Å²) in [5, 5.41) is 9.36. The Morgan fingerprint density at radius 3 is 2.66 bits per heavy atom. The van der Waals surface area contributed by atoms with E-state index in [0.29, 0.717) is 25.0 Å². The molecular formula is C22H27N5O2. The number of fused-ring (bicyclic) bond motifs is 1. The Kier molecular flexibility index (Phi) is 6.03. The number of hydrogen-bond acceptors (Lipinski definition) is 7. The average molecular weight is 393 g/mol. The summed E-state index contributed by atoms with van der Waals surface area (Å²) >= 11 is 0. The second kappa shape index (κ2) is 9.03. The van der Waals surface area contributed by atoms with Gasteiger partial charge < -0.3 is 14.4 Å². The third-order valence-corrected chi connectivity index (χ3v) is 5.37. The summed E-state index contributed by atoms with van der Waals surface area (Å²) in [6.45, 7) is 7.23. The molecule has 1 aliphatic rings. The van der Waals surface area contributed by atoms with Gasteiger partial charge in [-0.05, 0) is 69.4 Å². The van der Waals surface area contributed by atoms with Gasteiger partial charge in [-0.3, -0.25) is 0 Å². The minimum atomic E-state index is 0.573. The van der Waals surface area contributed by atoms with Crippen molar-refractivity contribution in [2.45, 2.75) is 33.1 Å². The Bertz CT molecular complexity index is 940. The number of rotatable bonds is 7. The summed E-state index contributed by atoms with van der Waals surface area (Å²) in [7, 11) is 0. The van der Waals surface area contributed by atoms with E-state index in [4.69, 9.17) is 9.47 Å². The van der Waals surface area contributed by atoms with Crippen LogP contribution in [0.2, 0.25) is 0 Å². The van der Waals surface area contributed by atoms with Gasteiger partial charge in [0.15, 0.2) is 5.82 Å². The Morgan fingerprint density at radius 1 is 1.03 bits per heavy atom. The van der Waals surface area contributed by atoms with E-state index in [2.05, 4.69) is 31.1 Å². The van der Waals surface area contributed by atoms with Crippen LogP contribution >= 0.6 is 0 Å². The first-order chi connectivity index (χ1) is 14.2. The van der Waals surface area contributed by atoms with Gasteiger partial charge in [0.2, 0.25) is 5.88 Å². The van der Waals surface area contributed by atoms with Crippen molar-refractivity contribution in [3.05, 3.63) is 42.4 Å². The fourth-order valence-corrected chi connectivity index (χ4v) is 3.71. The first-order valence-corrected chi connectivity index (χ1v) is 10.3. The van der Waals surface area contributed by atoms with Crippen molar-refractivity contribution >= 4 is 16.7 Å². The van der Waals surface area contributed by atoms with Crippen LogP contribution in [-0.2, 0) is 0 Å². The van der Waals surface area contributed by atoms with Crippen molar-refractivity contribution < 1.29 is 9.47 Å². The van der Waals surface area contributed by atoms with Gasteiger partial charge in [-0.2, -0.15) is 5.10 Å². The van der Waals surface area contributed by atoms with Gasteiger partial charge >= 0.3 is 0 Å². The average Bonchev–Trinajstić information content (AvgIpc) is 2.75. The van der Waals surface area contributed by atoms with Crippen molar-refractivity contribution in [2.24, 2.45) is 5.92 Å². The molecule has 1 aliphatic heterocycles. The highest BCUT2D eigenvalue weighted by atomic mass is 16.5. The third-order valence-electron chi connectivity index (χ3n) is 5.37. The van der Waals surface area contributed by atoms with Gasteiger partial charge in [-0.15, -0.1) is 5.10 Å². The number of aryl methyl sites for hydroxylation is 1. The highest BCUT2D eigenvalue weighted by molar-refractivity contribution is 5.84. The molecule has 0 radical (unpaired) electrons. The van der Waals surface area contributed by atoms with Gasteiger partial charge in [-0.1, -0.05) is 0 Å². The zero-order chi connectivity index (χ0) is 20.1. The van der Waals surface area contributed by atoms with E-state index in [-0.39, 0.29) is 0 Å². The van der Waals surface area contributed by atoms with E-state index in [9.17, 15) is 0 Å². The molecule has 0 bridgehead atoms. The maximum absolute atomic E-state index is 6.03. The van der Waals surface area contributed by atoms with Crippen molar-refractivity contribution in [3.63, 3.8) is 0 Å². The van der Waals surface area contributed by atoms with Crippen LogP contribution in [0.1, 0.15) is 31.9 Å². The normalized spacial score (nSPS) is 14.9. The Balaban J connectivity index is 1.28. The van der Waals surface area contributed by atoms with Gasteiger partial charge in [0.05, 0.1) is 29.8 Å². The lowest BCUT2D eigenvalue weighted by Gasteiger charge is -2.32. The third kappa shape index (κ3) is 4.72. The van der Waals surface area contributed by atoms with Crippen molar-refractivity contribution in [1.29, 1.82) is 0 Å². The molecule has 2 aromatic heterocycles. The number of piperidine rings is 1. The number of nitrogens with zero attached hydrogens (tertiary/aromatic N) is 5. The van der Waals surface area contributed by atoms with Crippen LogP contribution in [-0.4, -0.2) is 46.5 Å². The zero-order valence-corrected chi connectivity index (χ0v) is 17.0. The molecule has 1 saturated heterocycles. The summed E-state index contributed by atoms with van der Waals surface area (Å²) in [6, 6.07) is 9.97. The van der Waals surface area contributed by atoms with Crippen molar-refractivity contribution in [2.75, 3.05) is 31.2 Å². The second-order valence-corrected chi connectivity index (χ2v) is 7.39. The highest BCUT2D eigenvalue weighted by Gasteiger charge is 2.20.